The molecule has 0 aliphatic heterocycles. The highest BCUT2D eigenvalue weighted by atomic mass is 79.9. The van der Waals surface area contributed by atoms with Crippen molar-refractivity contribution in [1.29, 1.82) is 0 Å². The second kappa shape index (κ2) is 5.09. The number of hydrogen-bond donors (Lipinski definition) is 0. The number of carbonyl (C=O) groups is 1. The molecule has 1 heterocycles. The summed E-state index contributed by atoms with van der Waals surface area (Å²) in [7, 11) is 0. The van der Waals surface area contributed by atoms with Crippen molar-refractivity contribution in [3.05, 3.63) is 56.6 Å². The fraction of sp³-hybridized carbons (Fsp3) is 0.0909. The fourth-order valence-corrected chi connectivity index (χ4v) is 1.99. The average Bonchev–Trinajstić information content (AvgIpc) is 2.79. The lowest BCUT2D eigenvalue weighted by Gasteiger charge is -2.04. The number of nitro groups is 1. The van der Waals surface area contributed by atoms with Crippen molar-refractivity contribution < 1.29 is 9.72 Å². The van der Waals surface area contributed by atoms with Crippen LogP contribution in [0, 0.1) is 10.1 Å². The summed E-state index contributed by atoms with van der Waals surface area (Å²) in [5, 5.41) is 10.6. The molecule has 0 unspecified atom stereocenters. The molecular formula is C11H8BrN3O3. The standard InChI is InChI=1S/C11H8BrN3O3/c12-11-3-10(15(17)18)2-1-8(11)4-14-5-9(6-16)13-7-14/h1-3,5-7H,4H2. The van der Waals surface area contributed by atoms with Gasteiger partial charge in [0.05, 0.1) is 11.3 Å². The first-order valence-corrected chi connectivity index (χ1v) is 5.79. The molecular weight excluding hydrogens is 302 g/mol. The van der Waals surface area contributed by atoms with Gasteiger partial charge in [0, 0.05) is 29.3 Å². The monoisotopic (exact) mass is 309 g/mol. The Morgan fingerprint density at radius 1 is 1.50 bits per heavy atom. The van der Waals surface area contributed by atoms with Gasteiger partial charge in [-0.15, -0.1) is 0 Å². The summed E-state index contributed by atoms with van der Waals surface area (Å²) in [6, 6.07) is 4.56. The molecule has 2 rings (SSSR count). The van der Waals surface area contributed by atoms with Crippen LogP contribution in [0.25, 0.3) is 0 Å². The van der Waals surface area contributed by atoms with Gasteiger partial charge in [-0.2, -0.15) is 0 Å². The highest BCUT2D eigenvalue weighted by Crippen LogP contribution is 2.23. The van der Waals surface area contributed by atoms with Crippen molar-refractivity contribution in [2.24, 2.45) is 0 Å². The molecule has 1 aromatic carbocycles. The lowest BCUT2D eigenvalue weighted by molar-refractivity contribution is -0.384. The Balaban J connectivity index is 2.24. The van der Waals surface area contributed by atoms with Crippen LogP contribution >= 0.6 is 15.9 Å². The Morgan fingerprint density at radius 2 is 2.28 bits per heavy atom. The molecule has 0 fully saturated rings. The van der Waals surface area contributed by atoms with E-state index < -0.39 is 4.92 Å². The summed E-state index contributed by atoms with van der Waals surface area (Å²) in [6.45, 7) is 0.486. The second-order valence-corrected chi connectivity index (χ2v) is 4.48. The maximum atomic E-state index is 10.6. The molecule has 0 atom stereocenters. The van der Waals surface area contributed by atoms with Crippen LogP contribution in [0.1, 0.15) is 16.1 Å². The summed E-state index contributed by atoms with van der Waals surface area (Å²) in [5.74, 6) is 0. The number of rotatable bonds is 4. The van der Waals surface area contributed by atoms with Crippen LogP contribution in [-0.2, 0) is 6.54 Å². The summed E-state index contributed by atoms with van der Waals surface area (Å²) >= 11 is 3.29. The fourth-order valence-electron chi connectivity index (χ4n) is 1.50. The molecule has 92 valence electrons. The zero-order chi connectivity index (χ0) is 13.1. The molecule has 0 bridgehead atoms. The normalized spacial score (nSPS) is 10.3. The Hall–Kier alpha value is -2.02. The topological polar surface area (TPSA) is 78.0 Å². The number of aromatic nitrogens is 2. The van der Waals surface area contributed by atoms with Crippen molar-refractivity contribution in [1.82, 2.24) is 9.55 Å². The van der Waals surface area contributed by atoms with Crippen LogP contribution in [0.2, 0.25) is 0 Å². The largest absolute Gasteiger partial charge is 0.332 e. The molecule has 1 aromatic heterocycles. The van der Waals surface area contributed by atoms with Gasteiger partial charge >= 0.3 is 0 Å². The third kappa shape index (κ3) is 2.62. The number of imidazole rings is 1. The number of non-ortho nitro benzene ring substituents is 1. The van der Waals surface area contributed by atoms with Crippen molar-refractivity contribution in [3.63, 3.8) is 0 Å². The molecule has 0 saturated heterocycles. The number of nitrogens with zero attached hydrogens (tertiary/aromatic N) is 3. The van der Waals surface area contributed by atoms with Crippen molar-refractivity contribution in [3.8, 4) is 0 Å². The van der Waals surface area contributed by atoms with E-state index in [0.717, 1.165) is 5.56 Å². The maximum absolute atomic E-state index is 10.6. The zero-order valence-corrected chi connectivity index (χ0v) is 10.7. The first kappa shape index (κ1) is 12.4. The molecule has 0 aliphatic rings. The van der Waals surface area contributed by atoms with E-state index in [9.17, 15) is 14.9 Å². The van der Waals surface area contributed by atoms with E-state index >= 15 is 0 Å². The van der Waals surface area contributed by atoms with E-state index in [1.165, 1.54) is 18.5 Å². The Kier molecular flexibility index (Phi) is 3.52. The van der Waals surface area contributed by atoms with Gasteiger partial charge in [0.1, 0.15) is 5.69 Å². The molecule has 0 aliphatic carbocycles. The van der Waals surface area contributed by atoms with Crippen LogP contribution < -0.4 is 0 Å². The molecule has 0 spiro atoms. The zero-order valence-electron chi connectivity index (χ0n) is 9.12. The molecule has 6 nitrogen and oxygen atoms in total. The summed E-state index contributed by atoms with van der Waals surface area (Å²) in [6.07, 6.45) is 3.82. The van der Waals surface area contributed by atoms with Crippen LogP contribution in [0.4, 0.5) is 5.69 Å². The van der Waals surface area contributed by atoms with E-state index in [2.05, 4.69) is 20.9 Å². The summed E-state index contributed by atoms with van der Waals surface area (Å²) in [5.41, 5.74) is 1.26. The minimum atomic E-state index is -0.448. The molecule has 0 N–H and O–H groups in total. The quantitative estimate of drug-likeness (QED) is 0.493. The van der Waals surface area contributed by atoms with E-state index in [1.807, 2.05) is 0 Å². The molecule has 0 saturated carbocycles. The molecule has 0 amide bonds. The highest BCUT2D eigenvalue weighted by molar-refractivity contribution is 9.10. The summed E-state index contributed by atoms with van der Waals surface area (Å²) in [4.78, 5) is 24.5. The van der Waals surface area contributed by atoms with E-state index in [0.29, 0.717) is 23.0 Å². The van der Waals surface area contributed by atoms with E-state index in [1.54, 1.807) is 16.8 Å². The number of hydrogen-bond acceptors (Lipinski definition) is 4. The van der Waals surface area contributed by atoms with E-state index in [-0.39, 0.29) is 5.69 Å². The molecule has 0 radical (unpaired) electrons. The number of nitro benzene ring substituents is 1. The van der Waals surface area contributed by atoms with Gasteiger partial charge in [-0.1, -0.05) is 15.9 Å². The summed E-state index contributed by atoms with van der Waals surface area (Å²) < 4.78 is 2.38. The lowest BCUT2D eigenvalue weighted by Crippen LogP contribution is -1.98. The Morgan fingerprint density at radius 3 is 2.83 bits per heavy atom. The highest BCUT2D eigenvalue weighted by Gasteiger charge is 2.09. The third-order valence-corrected chi connectivity index (χ3v) is 3.11. The van der Waals surface area contributed by atoms with Gasteiger partial charge < -0.3 is 4.57 Å². The van der Waals surface area contributed by atoms with Gasteiger partial charge in [-0.3, -0.25) is 14.9 Å². The predicted molar refractivity (Wildman–Crippen MR) is 67.5 cm³/mol. The number of aldehydes is 1. The third-order valence-electron chi connectivity index (χ3n) is 2.37. The van der Waals surface area contributed by atoms with Crippen LogP contribution in [0.3, 0.4) is 0 Å². The van der Waals surface area contributed by atoms with Crippen LogP contribution in [0.5, 0.6) is 0 Å². The molecule has 18 heavy (non-hydrogen) atoms. The van der Waals surface area contributed by atoms with Crippen molar-refractivity contribution >= 4 is 27.9 Å². The van der Waals surface area contributed by atoms with E-state index in [4.69, 9.17) is 0 Å². The SMILES string of the molecule is O=Cc1cn(Cc2ccc([N+](=O)[O-])cc2Br)cn1. The van der Waals surface area contributed by atoms with Gasteiger partial charge in [-0.25, -0.2) is 4.98 Å². The van der Waals surface area contributed by atoms with Gasteiger partial charge in [-0.05, 0) is 11.6 Å². The maximum Gasteiger partial charge on any atom is 0.270 e. The minimum Gasteiger partial charge on any atom is -0.332 e. The predicted octanol–water partition coefficient (Wildman–Crippen LogP) is 2.41. The first-order chi connectivity index (χ1) is 8.60. The molecule has 7 heteroatoms. The second-order valence-electron chi connectivity index (χ2n) is 3.62. The van der Waals surface area contributed by atoms with Crippen molar-refractivity contribution in [2.45, 2.75) is 6.54 Å². The first-order valence-electron chi connectivity index (χ1n) is 5.00. The van der Waals surface area contributed by atoms with Gasteiger partial charge in [0.2, 0.25) is 0 Å². The average molecular weight is 310 g/mol. The smallest absolute Gasteiger partial charge is 0.270 e. The Bertz CT molecular complexity index is 609. The number of halogens is 1. The van der Waals surface area contributed by atoms with Crippen LogP contribution in [0.15, 0.2) is 35.2 Å². The lowest BCUT2D eigenvalue weighted by atomic mass is 10.2. The van der Waals surface area contributed by atoms with Gasteiger partial charge in [0.15, 0.2) is 6.29 Å². The number of benzene rings is 1. The number of carbonyl (C=O) groups excluding carboxylic acids is 1. The minimum absolute atomic E-state index is 0.0323. The Labute approximate surface area is 111 Å². The van der Waals surface area contributed by atoms with Gasteiger partial charge in [0.25, 0.3) is 5.69 Å². The van der Waals surface area contributed by atoms with Crippen molar-refractivity contribution in [2.75, 3.05) is 0 Å². The van der Waals surface area contributed by atoms with Crippen LogP contribution in [-0.4, -0.2) is 20.8 Å². The molecule has 2 aromatic rings.